The maximum Gasteiger partial charge on any atom is 0.290 e. The highest BCUT2D eigenvalue weighted by Crippen LogP contribution is 2.22. The average Bonchev–Trinajstić information content (AvgIpc) is 3.01. The highest BCUT2D eigenvalue weighted by atomic mass is 32.2. The molecule has 0 aliphatic heterocycles. The lowest BCUT2D eigenvalue weighted by atomic mass is 10.2. The first kappa shape index (κ1) is 16.7. The molecule has 0 atom stereocenters. The molecular weight excluding hydrogens is 338 g/mol. The van der Waals surface area contributed by atoms with E-state index < -0.39 is 0 Å². The Balaban J connectivity index is 1.76. The summed E-state index contributed by atoms with van der Waals surface area (Å²) in [5.74, 6) is 0. The number of carbonyl (C=O) groups is 1. The molecule has 0 unspecified atom stereocenters. The summed E-state index contributed by atoms with van der Waals surface area (Å²) in [4.78, 5) is 18.8. The van der Waals surface area contributed by atoms with Crippen molar-refractivity contribution in [2.24, 2.45) is 0 Å². The van der Waals surface area contributed by atoms with Crippen LogP contribution in [0.15, 0.2) is 65.8 Å². The summed E-state index contributed by atoms with van der Waals surface area (Å²) in [6.07, 6.45) is 0. The van der Waals surface area contributed by atoms with Crippen molar-refractivity contribution in [2.45, 2.75) is 25.2 Å². The van der Waals surface area contributed by atoms with E-state index in [1.54, 1.807) is 0 Å². The number of nitrogens with zero attached hydrogens (tertiary/aromatic N) is 3. The average molecular weight is 355 g/mol. The van der Waals surface area contributed by atoms with Gasteiger partial charge in [0.15, 0.2) is 0 Å². The van der Waals surface area contributed by atoms with Crippen LogP contribution in [0.4, 0.5) is 4.79 Å². The fourth-order valence-electron chi connectivity index (χ4n) is 2.26. The number of rotatable bonds is 5. The number of aromatic nitrogens is 2. The molecule has 1 amide bonds. The molecule has 0 spiro atoms. The predicted octanol–water partition coefficient (Wildman–Crippen LogP) is 4.76. The second kappa shape index (κ2) is 8.08. The Morgan fingerprint density at radius 3 is 2.00 bits per heavy atom. The molecule has 0 radical (unpaired) electrons. The van der Waals surface area contributed by atoms with E-state index in [-0.39, 0.29) is 5.24 Å². The first-order valence-electron chi connectivity index (χ1n) is 7.55. The van der Waals surface area contributed by atoms with Crippen LogP contribution in [0.3, 0.4) is 0 Å². The first-order chi connectivity index (χ1) is 11.7. The molecule has 3 rings (SSSR count). The van der Waals surface area contributed by atoms with Gasteiger partial charge in [-0.05, 0) is 29.6 Å². The molecule has 24 heavy (non-hydrogen) atoms. The zero-order valence-corrected chi connectivity index (χ0v) is 14.9. The third-order valence-corrected chi connectivity index (χ3v) is 4.91. The maximum atomic E-state index is 12.7. The van der Waals surface area contributed by atoms with Crippen LogP contribution in [0.25, 0.3) is 0 Å². The van der Waals surface area contributed by atoms with E-state index in [4.69, 9.17) is 0 Å². The third kappa shape index (κ3) is 4.66. The molecule has 4 nitrogen and oxygen atoms in total. The monoisotopic (exact) mass is 355 g/mol. The summed E-state index contributed by atoms with van der Waals surface area (Å²) in [6.45, 7) is 3.01. The van der Waals surface area contributed by atoms with Crippen molar-refractivity contribution >= 4 is 28.5 Å². The quantitative estimate of drug-likeness (QED) is 0.619. The lowest BCUT2D eigenvalue weighted by Crippen LogP contribution is -2.26. The summed E-state index contributed by atoms with van der Waals surface area (Å²) in [6, 6.07) is 20.0. The second-order valence-corrected chi connectivity index (χ2v) is 7.17. The molecule has 0 aliphatic carbocycles. The zero-order valence-electron chi connectivity index (χ0n) is 13.3. The normalized spacial score (nSPS) is 10.5. The van der Waals surface area contributed by atoms with Crippen LogP contribution >= 0.6 is 23.3 Å². The smallest absolute Gasteiger partial charge is 0.290 e. The summed E-state index contributed by atoms with van der Waals surface area (Å²) >= 11 is 2.40. The minimum absolute atomic E-state index is 0.0412. The lowest BCUT2D eigenvalue weighted by molar-refractivity contribution is 0.218. The Bertz CT molecular complexity index is 749. The number of aryl methyl sites for hydroxylation is 1. The van der Waals surface area contributed by atoms with Crippen LogP contribution in [-0.4, -0.2) is 19.5 Å². The van der Waals surface area contributed by atoms with Crippen LogP contribution in [0.2, 0.25) is 0 Å². The van der Waals surface area contributed by atoms with Gasteiger partial charge in [-0.25, -0.2) is 4.98 Å². The fraction of sp³-hybridized carbons (Fsp3) is 0.167. The Morgan fingerprint density at radius 2 is 1.54 bits per heavy atom. The van der Waals surface area contributed by atoms with Crippen molar-refractivity contribution in [1.82, 2.24) is 14.3 Å². The molecule has 0 saturated carbocycles. The summed E-state index contributed by atoms with van der Waals surface area (Å²) in [5.41, 5.74) is 2.20. The molecular formula is C18H17N3OS2. The number of thioether (sulfide) groups is 1. The number of amides is 1. The van der Waals surface area contributed by atoms with Crippen molar-refractivity contribution in [2.75, 3.05) is 0 Å². The lowest BCUT2D eigenvalue weighted by Gasteiger charge is -2.22. The topological polar surface area (TPSA) is 46.1 Å². The third-order valence-electron chi connectivity index (χ3n) is 3.38. The van der Waals surface area contributed by atoms with E-state index in [1.807, 2.05) is 72.5 Å². The van der Waals surface area contributed by atoms with Crippen LogP contribution in [-0.2, 0) is 13.1 Å². The number of carbonyl (C=O) groups excluding carboxylic acids is 1. The van der Waals surface area contributed by atoms with Gasteiger partial charge in [0, 0.05) is 24.9 Å². The van der Waals surface area contributed by atoms with E-state index in [0.29, 0.717) is 18.2 Å². The molecule has 6 heteroatoms. The summed E-state index contributed by atoms with van der Waals surface area (Å²) in [7, 11) is 0. The van der Waals surface area contributed by atoms with Gasteiger partial charge in [-0.15, -0.1) is 0 Å². The highest BCUT2D eigenvalue weighted by molar-refractivity contribution is 8.13. The molecule has 0 bridgehead atoms. The van der Waals surface area contributed by atoms with E-state index in [9.17, 15) is 4.79 Å². The summed E-state index contributed by atoms with van der Waals surface area (Å²) < 4.78 is 4.20. The largest absolute Gasteiger partial charge is 0.325 e. The predicted molar refractivity (Wildman–Crippen MR) is 98.0 cm³/mol. The maximum absolute atomic E-state index is 12.7. The van der Waals surface area contributed by atoms with Crippen molar-refractivity contribution < 1.29 is 4.79 Å². The molecule has 0 fully saturated rings. The second-order valence-electron chi connectivity index (χ2n) is 5.29. The first-order valence-corrected chi connectivity index (χ1v) is 9.14. The van der Waals surface area contributed by atoms with Crippen molar-refractivity contribution in [3.05, 3.63) is 76.8 Å². The Hall–Kier alpha value is -2.18. The Kier molecular flexibility index (Phi) is 5.61. The van der Waals surface area contributed by atoms with Gasteiger partial charge in [0.25, 0.3) is 5.24 Å². The van der Waals surface area contributed by atoms with E-state index >= 15 is 0 Å². The molecule has 0 saturated heterocycles. The van der Waals surface area contributed by atoms with Crippen LogP contribution < -0.4 is 0 Å². The van der Waals surface area contributed by atoms with Gasteiger partial charge in [-0.2, -0.15) is 4.37 Å². The molecule has 2 aromatic carbocycles. The van der Waals surface area contributed by atoms with Gasteiger partial charge in [0.05, 0.1) is 0 Å². The van der Waals surface area contributed by atoms with Gasteiger partial charge >= 0.3 is 0 Å². The molecule has 122 valence electrons. The van der Waals surface area contributed by atoms with Gasteiger partial charge in [0.1, 0.15) is 5.01 Å². The van der Waals surface area contributed by atoms with Gasteiger partial charge in [0.2, 0.25) is 5.16 Å². The van der Waals surface area contributed by atoms with E-state index in [1.165, 1.54) is 11.5 Å². The van der Waals surface area contributed by atoms with Gasteiger partial charge < -0.3 is 4.90 Å². The van der Waals surface area contributed by atoms with Gasteiger partial charge in [-0.3, -0.25) is 4.79 Å². The van der Waals surface area contributed by atoms with Crippen molar-refractivity contribution in [1.29, 1.82) is 0 Å². The molecule has 3 aromatic rings. The number of benzene rings is 2. The van der Waals surface area contributed by atoms with Crippen LogP contribution in [0.1, 0.15) is 16.1 Å². The van der Waals surface area contributed by atoms with Crippen molar-refractivity contribution in [3.8, 4) is 0 Å². The number of hydrogen-bond donors (Lipinski definition) is 0. The molecule has 0 aliphatic rings. The molecule has 1 heterocycles. The van der Waals surface area contributed by atoms with Gasteiger partial charge in [-0.1, -0.05) is 60.7 Å². The van der Waals surface area contributed by atoms with Crippen LogP contribution in [0.5, 0.6) is 0 Å². The Morgan fingerprint density at radius 1 is 1.00 bits per heavy atom. The minimum Gasteiger partial charge on any atom is -0.325 e. The standard InChI is InChI=1S/C18H17N3OS2/c1-14-19-17(20-24-14)23-18(22)21(12-15-8-4-2-5-9-15)13-16-10-6-3-7-11-16/h2-11H,12-13H2,1H3. The van der Waals surface area contributed by atoms with E-state index in [2.05, 4.69) is 9.36 Å². The molecule has 1 aromatic heterocycles. The SMILES string of the molecule is Cc1nc(SC(=O)N(Cc2ccccc2)Cc2ccccc2)ns1. The van der Waals surface area contributed by atoms with Crippen molar-refractivity contribution in [3.63, 3.8) is 0 Å². The zero-order chi connectivity index (χ0) is 16.8. The summed E-state index contributed by atoms with van der Waals surface area (Å²) in [5, 5.41) is 1.34. The number of hydrogen-bond acceptors (Lipinski definition) is 5. The highest BCUT2D eigenvalue weighted by Gasteiger charge is 2.18. The fourth-order valence-corrected chi connectivity index (χ4v) is 3.55. The Labute approximate surface area is 149 Å². The molecule has 0 N–H and O–H groups in total. The minimum atomic E-state index is -0.0412. The van der Waals surface area contributed by atoms with E-state index in [0.717, 1.165) is 27.9 Å². The van der Waals surface area contributed by atoms with Crippen LogP contribution in [0, 0.1) is 6.92 Å².